The maximum atomic E-state index is 11.3. The third-order valence-electron chi connectivity index (χ3n) is 0.781. The lowest BCUT2D eigenvalue weighted by Crippen LogP contribution is -2.12. The van der Waals surface area contributed by atoms with Crippen LogP contribution in [0.1, 0.15) is 13.3 Å². The van der Waals surface area contributed by atoms with E-state index in [0.29, 0.717) is 6.61 Å². The van der Waals surface area contributed by atoms with Gasteiger partial charge in [0, 0.05) is 6.61 Å². The molecular weight excluding hydrogens is 145 g/mol. The first-order valence-electron chi connectivity index (χ1n) is 3.05. The molecule has 0 aromatic rings. The fourth-order valence-electron chi connectivity index (χ4n) is 0.381. The van der Waals surface area contributed by atoms with Crippen LogP contribution in [0.5, 0.6) is 0 Å². The van der Waals surface area contributed by atoms with Gasteiger partial charge in [0.15, 0.2) is 0 Å². The van der Waals surface area contributed by atoms with Gasteiger partial charge in [0.25, 0.3) is 0 Å². The second-order valence-electron chi connectivity index (χ2n) is 1.82. The van der Waals surface area contributed by atoms with E-state index in [1.54, 1.807) is 0 Å². The van der Waals surface area contributed by atoms with Gasteiger partial charge < -0.3 is 4.74 Å². The zero-order chi connectivity index (χ0) is 8.04. The van der Waals surface area contributed by atoms with E-state index in [9.17, 15) is 13.2 Å². The lowest BCUT2D eigenvalue weighted by Gasteiger charge is -2.04. The molecule has 0 unspecified atom stereocenters. The molecule has 0 rings (SSSR count). The van der Waals surface area contributed by atoms with Crippen molar-refractivity contribution in [2.24, 2.45) is 0 Å². The van der Waals surface area contributed by atoms with Gasteiger partial charge in [-0.1, -0.05) is 6.92 Å². The molecule has 0 fully saturated rings. The first-order valence-corrected chi connectivity index (χ1v) is 3.05. The fourth-order valence-corrected chi connectivity index (χ4v) is 0.381. The third kappa shape index (κ3) is 7.75. The highest BCUT2D eigenvalue weighted by Crippen LogP contribution is 2.17. The molecule has 0 heterocycles. The predicted octanol–water partition coefficient (Wildman–Crippen LogP) is 2.18. The summed E-state index contributed by atoms with van der Waals surface area (Å²) in [6, 6.07) is 0. The number of ether oxygens (including phenoxy) is 1. The average Bonchev–Trinajstić information content (AvgIpc) is 1.78. The normalized spacial score (nSPS) is 12.0. The Hall–Kier alpha value is -0.250. The zero-order valence-electron chi connectivity index (χ0n) is 5.74. The number of rotatable bonds is 4. The van der Waals surface area contributed by atoms with E-state index in [-0.39, 0.29) is 13.0 Å². The molecule has 0 atom stereocenters. The maximum absolute atomic E-state index is 11.3. The van der Waals surface area contributed by atoms with Crippen molar-refractivity contribution in [1.29, 1.82) is 0 Å². The number of hydrogen-bond donors (Lipinski definition) is 0. The molecule has 0 aromatic heterocycles. The number of alkyl halides is 3. The van der Waals surface area contributed by atoms with Crippen LogP contribution >= 0.6 is 0 Å². The Morgan fingerprint density at radius 2 is 2.00 bits per heavy atom. The van der Waals surface area contributed by atoms with Gasteiger partial charge >= 0.3 is 6.18 Å². The summed E-state index contributed by atoms with van der Waals surface area (Å²) in [6.45, 7) is 1.89. The molecule has 0 aliphatic carbocycles. The number of halogens is 3. The van der Waals surface area contributed by atoms with E-state index >= 15 is 0 Å². The van der Waals surface area contributed by atoms with Crippen LogP contribution in [0.3, 0.4) is 0 Å². The minimum Gasteiger partial charge on any atom is -0.381 e. The van der Waals surface area contributed by atoms with Gasteiger partial charge in [-0.3, -0.25) is 0 Å². The van der Waals surface area contributed by atoms with Crippen molar-refractivity contribution in [3.8, 4) is 0 Å². The molecule has 0 N–H and O–H groups in total. The summed E-state index contributed by atoms with van der Waals surface area (Å²) in [6.07, 6.45) is -3.26. The van der Waals surface area contributed by atoms with Crippen molar-refractivity contribution in [3.05, 3.63) is 6.42 Å². The van der Waals surface area contributed by atoms with E-state index in [2.05, 4.69) is 4.74 Å². The highest BCUT2D eigenvalue weighted by molar-refractivity contribution is 4.72. The Kier molecular flexibility index (Phi) is 4.43. The van der Waals surface area contributed by atoms with E-state index < -0.39 is 6.18 Å². The molecule has 61 valence electrons. The predicted molar refractivity (Wildman–Crippen MR) is 31.5 cm³/mol. The second-order valence-corrected chi connectivity index (χ2v) is 1.82. The van der Waals surface area contributed by atoms with Crippen LogP contribution in [-0.4, -0.2) is 19.4 Å². The molecule has 1 nitrogen and oxygen atoms in total. The molecule has 0 bridgehead atoms. The van der Waals surface area contributed by atoms with Crippen LogP contribution in [0.2, 0.25) is 0 Å². The van der Waals surface area contributed by atoms with Crippen molar-refractivity contribution < 1.29 is 17.9 Å². The van der Waals surface area contributed by atoms with E-state index in [1.165, 1.54) is 0 Å². The Balaban J connectivity index is 3.04. The smallest absolute Gasteiger partial charge is 0.381 e. The Morgan fingerprint density at radius 3 is 2.40 bits per heavy atom. The Morgan fingerprint density at radius 1 is 1.40 bits per heavy atom. The highest BCUT2D eigenvalue weighted by Gasteiger charge is 2.26. The SMILES string of the molecule is CCCOC[CH]C(F)(F)F. The van der Waals surface area contributed by atoms with Crippen molar-refractivity contribution >= 4 is 0 Å². The molecule has 0 aliphatic heterocycles. The van der Waals surface area contributed by atoms with Gasteiger partial charge in [-0.15, -0.1) is 0 Å². The van der Waals surface area contributed by atoms with Crippen molar-refractivity contribution in [2.45, 2.75) is 19.5 Å². The van der Waals surface area contributed by atoms with Crippen LogP contribution in [0.25, 0.3) is 0 Å². The lowest BCUT2D eigenvalue weighted by molar-refractivity contribution is -0.105. The molecule has 4 heteroatoms. The minimum absolute atomic E-state index is 0.197. The van der Waals surface area contributed by atoms with Crippen molar-refractivity contribution in [3.63, 3.8) is 0 Å². The summed E-state index contributed by atoms with van der Waals surface area (Å²) in [5, 5.41) is 0. The Bertz CT molecular complexity index is 79.6. The summed E-state index contributed by atoms with van der Waals surface area (Å²) in [7, 11) is 0. The van der Waals surface area contributed by atoms with Gasteiger partial charge in [0.2, 0.25) is 0 Å². The standard InChI is InChI=1S/C6H10F3O/c1-2-4-10-5-3-6(7,8)9/h3H,2,4-5H2,1H3. The molecular formula is C6H10F3O. The Labute approximate surface area is 58.2 Å². The zero-order valence-corrected chi connectivity index (χ0v) is 5.74. The van der Waals surface area contributed by atoms with Crippen LogP contribution in [0.15, 0.2) is 0 Å². The molecule has 0 saturated heterocycles. The molecule has 0 amide bonds. The monoisotopic (exact) mass is 155 g/mol. The van der Waals surface area contributed by atoms with E-state index in [4.69, 9.17) is 0 Å². The largest absolute Gasteiger partial charge is 0.394 e. The third-order valence-corrected chi connectivity index (χ3v) is 0.781. The first kappa shape index (κ1) is 9.75. The molecule has 0 saturated carbocycles. The lowest BCUT2D eigenvalue weighted by atomic mass is 10.4. The average molecular weight is 155 g/mol. The fraction of sp³-hybridized carbons (Fsp3) is 0.833. The van der Waals surface area contributed by atoms with Crippen LogP contribution in [-0.2, 0) is 4.74 Å². The summed E-state index contributed by atoms with van der Waals surface area (Å²) < 4.78 is 38.6. The quantitative estimate of drug-likeness (QED) is 0.565. The molecule has 0 aromatic carbocycles. The van der Waals surface area contributed by atoms with Gasteiger partial charge in [-0.2, -0.15) is 13.2 Å². The molecule has 0 spiro atoms. The van der Waals surface area contributed by atoms with Gasteiger partial charge in [-0.05, 0) is 6.42 Å². The minimum atomic E-state index is -4.20. The van der Waals surface area contributed by atoms with Gasteiger partial charge in [0.1, 0.15) is 0 Å². The summed E-state index contributed by atoms with van der Waals surface area (Å²) in [4.78, 5) is 0. The molecule has 0 aliphatic rings. The summed E-state index contributed by atoms with van der Waals surface area (Å²) >= 11 is 0. The van der Waals surface area contributed by atoms with E-state index in [0.717, 1.165) is 6.42 Å². The first-order chi connectivity index (χ1) is 4.56. The molecule has 10 heavy (non-hydrogen) atoms. The molecule has 1 radical (unpaired) electrons. The van der Waals surface area contributed by atoms with Gasteiger partial charge in [0.05, 0.1) is 13.0 Å². The summed E-state index contributed by atoms with van der Waals surface area (Å²) in [5.41, 5.74) is 0. The van der Waals surface area contributed by atoms with Gasteiger partial charge in [-0.25, -0.2) is 0 Å². The van der Waals surface area contributed by atoms with Crippen LogP contribution in [0.4, 0.5) is 13.2 Å². The maximum Gasteiger partial charge on any atom is 0.394 e. The van der Waals surface area contributed by atoms with Crippen LogP contribution in [0, 0.1) is 6.42 Å². The van der Waals surface area contributed by atoms with Crippen molar-refractivity contribution in [1.82, 2.24) is 0 Å². The van der Waals surface area contributed by atoms with E-state index in [1.807, 2.05) is 6.92 Å². The summed E-state index contributed by atoms with van der Waals surface area (Å²) in [5.74, 6) is 0. The van der Waals surface area contributed by atoms with Crippen molar-refractivity contribution in [2.75, 3.05) is 13.2 Å². The topological polar surface area (TPSA) is 9.23 Å². The highest BCUT2D eigenvalue weighted by atomic mass is 19.4. The second kappa shape index (κ2) is 4.55. The number of hydrogen-bond acceptors (Lipinski definition) is 1. The van der Waals surface area contributed by atoms with Crippen LogP contribution < -0.4 is 0 Å².